The lowest BCUT2D eigenvalue weighted by Crippen LogP contribution is -2.20. The molecule has 0 aliphatic rings. The molecule has 150 valence electrons. The lowest BCUT2D eigenvalue weighted by Gasteiger charge is -2.09. The third kappa shape index (κ3) is 4.14. The van der Waals surface area contributed by atoms with Crippen molar-refractivity contribution in [2.24, 2.45) is 0 Å². The molecule has 0 spiro atoms. The summed E-state index contributed by atoms with van der Waals surface area (Å²) in [7, 11) is 0. The van der Waals surface area contributed by atoms with Crippen molar-refractivity contribution in [2.45, 2.75) is 0 Å². The Hall–Kier alpha value is -4.14. The number of hydrogen-bond donors (Lipinski definition) is 2. The van der Waals surface area contributed by atoms with Crippen LogP contribution in [0.4, 0.5) is 29.3 Å². The smallest absolute Gasteiger partial charge is 0.308 e. The first kappa shape index (κ1) is 19.2. The van der Waals surface area contributed by atoms with Gasteiger partial charge in [-0.05, 0) is 58.8 Å². The highest BCUT2D eigenvalue weighted by atomic mass is 19.1. The Morgan fingerprint density at radius 2 is 1.30 bits per heavy atom. The monoisotopic (exact) mass is 410 g/mol. The molecule has 0 unspecified atom stereocenters. The number of anilines is 2. The minimum absolute atomic E-state index is 0.150. The summed E-state index contributed by atoms with van der Waals surface area (Å²) < 4.78 is 44.5. The molecule has 0 fully saturated rings. The van der Waals surface area contributed by atoms with Crippen molar-refractivity contribution in [2.75, 3.05) is 10.6 Å². The van der Waals surface area contributed by atoms with Gasteiger partial charge in [0.15, 0.2) is 0 Å². The Balaban J connectivity index is 1.48. The van der Waals surface area contributed by atoms with Crippen molar-refractivity contribution < 1.29 is 22.6 Å². The first-order valence-electron chi connectivity index (χ1n) is 8.71. The van der Waals surface area contributed by atoms with Crippen LogP contribution in [0.1, 0.15) is 0 Å². The Morgan fingerprint density at radius 3 is 1.90 bits per heavy atom. The number of amides is 2. The van der Waals surface area contributed by atoms with Crippen LogP contribution in [0, 0.1) is 17.5 Å². The van der Waals surface area contributed by atoms with E-state index in [1.807, 2.05) is 0 Å². The number of carbonyl (C=O) groups excluding carboxylic acids is 1. The maximum Gasteiger partial charge on any atom is 0.323 e. The van der Waals surface area contributed by atoms with E-state index in [1.165, 1.54) is 12.1 Å². The average Bonchev–Trinajstić information content (AvgIpc) is 3.21. The van der Waals surface area contributed by atoms with Crippen molar-refractivity contribution in [1.82, 2.24) is 10.3 Å². The van der Waals surface area contributed by atoms with Crippen molar-refractivity contribution in [3.05, 3.63) is 84.2 Å². The SMILES string of the molecule is O=C(Nc1ccc(-c2nonc2-c2ccc(F)cc2)cc1)Nc1ccc(F)cc1F. The third-order valence-electron chi connectivity index (χ3n) is 4.20. The molecule has 0 bridgehead atoms. The van der Waals surface area contributed by atoms with Gasteiger partial charge >= 0.3 is 6.03 Å². The molecular weight excluding hydrogens is 397 g/mol. The van der Waals surface area contributed by atoms with Crippen molar-refractivity contribution in [3.63, 3.8) is 0 Å². The quantitative estimate of drug-likeness (QED) is 0.468. The number of nitrogens with zero attached hydrogens (tertiary/aromatic N) is 2. The van der Waals surface area contributed by atoms with E-state index in [-0.39, 0.29) is 11.5 Å². The zero-order valence-electron chi connectivity index (χ0n) is 15.2. The van der Waals surface area contributed by atoms with E-state index in [0.717, 1.165) is 12.1 Å². The largest absolute Gasteiger partial charge is 0.323 e. The fourth-order valence-corrected chi connectivity index (χ4v) is 2.76. The van der Waals surface area contributed by atoms with Gasteiger partial charge in [-0.15, -0.1) is 0 Å². The van der Waals surface area contributed by atoms with Gasteiger partial charge in [-0.3, -0.25) is 0 Å². The molecule has 3 aromatic carbocycles. The lowest BCUT2D eigenvalue weighted by atomic mass is 10.0. The molecule has 6 nitrogen and oxygen atoms in total. The van der Waals surface area contributed by atoms with E-state index in [1.54, 1.807) is 36.4 Å². The van der Waals surface area contributed by atoms with Crippen molar-refractivity contribution in [3.8, 4) is 22.5 Å². The topological polar surface area (TPSA) is 80.1 Å². The summed E-state index contributed by atoms with van der Waals surface area (Å²) in [5, 5.41) is 12.6. The van der Waals surface area contributed by atoms with Crippen LogP contribution in [0.2, 0.25) is 0 Å². The number of hydrogen-bond acceptors (Lipinski definition) is 4. The summed E-state index contributed by atoms with van der Waals surface area (Å²) in [5.41, 5.74) is 2.47. The highest BCUT2D eigenvalue weighted by Crippen LogP contribution is 2.29. The minimum Gasteiger partial charge on any atom is -0.308 e. The number of halogens is 3. The van der Waals surface area contributed by atoms with Gasteiger partial charge < -0.3 is 10.6 Å². The number of urea groups is 1. The summed E-state index contributed by atoms with van der Waals surface area (Å²) in [5.74, 6) is -1.99. The maximum atomic E-state index is 13.6. The number of nitrogens with one attached hydrogen (secondary N) is 2. The van der Waals surface area contributed by atoms with Gasteiger partial charge in [0.25, 0.3) is 0 Å². The van der Waals surface area contributed by atoms with E-state index in [9.17, 15) is 18.0 Å². The molecule has 1 aromatic heterocycles. The maximum absolute atomic E-state index is 13.6. The van der Waals surface area contributed by atoms with Gasteiger partial charge in [0.05, 0.1) is 5.69 Å². The fraction of sp³-hybridized carbons (Fsp3) is 0. The number of aromatic nitrogens is 2. The molecule has 4 rings (SSSR count). The predicted octanol–water partition coefficient (Wildman–Crippen LogP) is 5.46. The van der Waals surface area contributed by atoms with Gasteiger partial charge in [0.2, 0.25) is 0 Å². The number of carbonyl (C=O) groups is 1. The lowest BCUT2D eigenvalue weighted by molar-refractivity contribution is 0.262. The predicted molar refractivity (Wildman–Crippen MR) is 104 cm³/mol. The van der Waals surface area contributed by atoms with Gasteiger partial charge in [-0.25, -0.2) is 22.6 Å². The van der Waals surface area contributed by atoms with E-state index in [2.05, 4.69) is 20.9 Å². The Bertz CT molecular complexity index is 1190. The van der Waals surface area contributed by atoms with Gasteiger partial charge in [-0.1, -0.05) is 12.1 Å². The number of rotatable bonds is 4. The van der Waals surface area contributed by atoms with Crippen LogP contribution in [0.15, 0.2) is 71.4 Å². The second-order valence-electron chi connectivity index (χ2n) is 6.25. The fourth-order valence-electron chi connectivity index (χ4n) is 2.76. The minimum atomic E-state index is -0.882. The normalized spacial score (nSPS) is 10.6. The molecule has 0 aliphatic carbocycles. The zero-order chi connectivity index (χ0) is 21.1. The van der Waals surface area contributed by atoms with Crippen LogP contribution < -0.4 is 10.6 Å². The Labute approximate surface area is 168 Å². The van der Waals surface area contributed by atoms with Gasteiger partial charge in [-0.2, -0.15) is 0 Å². The first-order valence-corrected chi connectivity index (χ1v) is 8.71. The van der Waals surface area contributed by atoms with E-state index < -0.39 is 17.7 Å². The van der Waals surface area contributed by atoms with Crippen LogP contribution >= 0.6 is 0 Å². The first-order chi connectivity index (χ1) is 14.5. The second kappa shape index (κ2) is 8.08. The molecular formula is C21H13F3N4O2. The summed E-state index contributed by atoms with van der Waals surface area (Å²) in [4.78, 5) is 12.0. The average molecular weight is 410 g/mol. The zero-order valence-corrected chi connectivity index (χ0v) is 15.2. The molecule has 0 aliphatic heterocycles. The van der Waals surface area contributed by atoms with Crippen LogP contribution in [0.5, 0.6) is 0 Å². The molecule has 1 heterocycles. The highest BCUT2D eigenvalue weighted by molar-refractivity contribution is 6.00. The molecule has 0 atom stereocenters. The molecule has 4 aromatic rings. The summed E-state index contributed by atoms with van der Waals surface area (Å²) in [6, 6.07) is 14.5. The standard InChI is InChI=1S/C21H13F3N4O2/c22-14-5-1-12(2-6-14)19-20(28-30-27-19)13-3-8-16(9-4-13)25-21(29)26-18-10-7-15(23)11-17(18)24/h1-11H,(H2,25,26,29). The van der Waals surface area contributed by atoms with Gasteiger partial charge in [0, 0.05) is 22.9 Å². The van der Waals surface area contributed by atoms with Gasteiger partial charge in [0.1, 0.15) is 28.8 Å². The number of benzene rings is 3. The van der Waals surface area contributed by atoms with Crippen LogP contribution in [0.3, 0.4) is 0 Å². The molecule has 2 amide bonds. The summed E-state index contributed by atoms with van der Waals surface area (Å²) in [6.07, 6.45) is 0. The van der Waals surface area contributed by atoms with E-state index in [4.69, 9.17) is 4.63 Å². The molecule has 0 saturated carbocycles. The summed E-state index contributed by atoms with van der Waals surface area (Å²) in [6.45, 7) is 0. The molecule has 0 saturated heterocycles. The van der Waals surface area contributed by atoms with Crippen LogP contribution in [0.25, 0.3) is 22.5 Å². The second-order valence-corrected chi connectivity index (χ2v) is 6.25. The van der Waals surface area contributed by atoms with Crippen LogP contribution in [-0.4, -0.2) is 16.3 Å². The van der Waals surface area contributed by atoms with E-state index in [0.29, 0.717) is 34.3 Å². The molecule has 9 heteroatoms. The van der Waals surface area contributed by atoms with Crippen molar-refractivity contribution in [1.29, 1.82) is 0 Å². The van der Waals surface area contributed by atoms with Crippen LogP contribution in [-0.2, 0) is 0 Å². The Kier molecular flexibility index (Phi) is 5.17. The molecule has 2 N–H and O–H groups in total. The third-order valence-corrected chi connectivity index (χ3v) is 4.20. The summed E-state index contributed by atoms with van der Waals surface area (Å²) >= 11 is 0. The highest BCUT2D eigenvalue weighted by Gasteiger charge is 2.15. The van der Waals surface area contributed by atoms with E-state index >= 15 is 0 Å². The van der Waals surface area contributed by atoms with Crippen molar-refractivity contribution >= 4 is 17.4 Å². The molecule has 0 radical (unpaired) electrons. The molecule has 30 heavy (non-hydrogen) atoms. The Morgan fingerprint density at radius 1 is 0.733 bits per heavy atom.